The predicted molar refractivity (Wildman–Crippen MR) is 56.6 cm³/mol. The molecule has 0 amide bonds. The first-order valence-electron chi connectivity index (χ1n) is 4.77. The number of aromatic nitrogens is 3. The first-order chi connectivity index (χ1) is 7.70. The lowest BCUT2D eigenvalue weighted by Crippen LogP contribution is -2.29. The van der Waals surface area contributed by atoms with Crippen LogP contribution in [0.15, 0.2) is 30.7 Å². The maximum absolute atomic E-state index is 12.7. The molecule has 0 bridgehead atoms. The summed E-state index contributed by atoms with van der Waals surface area (Å²) < 4.78 is 14.4. The molecule has 84 valence electrons. The normalized spacial score (nSPS) is 12.7. The van der Waals surface area contributed by atoms with Crippen LogP contribution in [0.1, 0.15) is 17.3 Å². The largest absolute Gasteiger partial charge is 0.275 e. The van der Waals surface area contributed by atoms with Gasteiger partial charge in [0.05, 0.1) is 24.1 Å². The molecule has 0 spiro atoms. The van der Waals surface area contributed by atoms with Crippen molar-refractivity contribution in [1.29, 1.82) is 0 Å². The van der Waals surface area contributed by atoms with Crippen LogP contribution in [0.5, 0.6) is 0 Å². The summed E-state index contributed by atoms with van der Waals surface area (Å²) in [5.41, 5.74) is 4.16. The van der Waals surface area contributed by atoms with E-state index in [0.29, 0.717) is 5.69 Å². The van der Waals surface area contributed by atoms with Crippen molar-refractivity contribution in [2.75, 3.05) is 0 Å². The molecule has 0 aliphatic carbocycles. The zero-order valence-corrected chi connectivity index (χ0v) is 8.76. The van der Waals surface area contributed by atoms with E-state index in [1.54, 1.807) is 16.9 Å². The fourth-order valence-electron chi connectivity index (χ4n) is 1.50. The van der Waals surface area contributed by atoms with Gasteiger partial charge in [-0.05, 0) is 12.1 Å². The molecule has 0 saturated carbocycles. The minimum absolute atomic E-state index is 0.283. The van der Waals surface area contributed by atoms with Crippen LogP contribution in [-0.2, 0) is 7.05 Å². The van der Waals surface area contributed by atoms with E-state index in [9.17, 15) is 4.39 Å². The Morgan fingerprint density at radius 3 is 2.75 bits per heavy atom. The van der Waals surface area contributed by atoms with Crippen LogP contribution in [0.4, 0.5) is 4.39 Å². The van der Waals surface area contributed by atoms with Crippen LogP contribution >= 0.6 is 0 Å². The van der Waals surface area contributed by atoms with Gasteiger partial charge in [0.2, 0.25) is 0 Å². The van der Waals surface area contributed by atoms with E-state index in [4.69, 9.17) is 5.84 Å². The van der Waals surface area contributed by atoms with E-state index >= 15 is 0 Å². The van der Waals surface area contributed by atoms with Gasteiger partial charge in [-0.15, -0.1) is 0 Å². The number of hydrazine groups is 1. The van der Waals surface area contributed by atoms with Crippen molar-refractivity contribution in [3.8, 4) is 0 Å². The molecule has 0 aliphatic heterocycles. The summed E-state index contributed by atoms with van der Waals surface area (Å²) in [6.45, 7) is 0. The number of aryl methyl sites for hydroxylation is 1. The molecule has 16 heavy (non-hydrogen) atoms. The third-order valence-corrected chi connectivity index (χ3v) is 2.27. The maximum atomic E-state index is 12.7. The Hall–Kier alpha value is -1.79. The second-order valence-electron chi connectivity index (χ2n) is 3.45. The Balaban J connectivity index is 2.32. The van der Waals surface area contributed by atoms with Crippen molar-refractivity contribution < 1.29 is 4.39 Å². The van der Waals surface area contributed by atoms with Crippen molar-refractivity contribution in [2.45, 2.75) is 6.04 Å². The molecule has 3 N–H and O–H groups in total. The molecule has 2 aromatic rings. The SMILES string of the molecule is Cn1cc(C(NN)c2ccc(F)cn2)cn1. The Kier molecular flexibility index (Phi) is 2.93. The average Bonchev–Trinajstić information content (AvgIpc) is 2.69. The lowest BCUT2D eigenvalue weighted by molar-refractivity contribution is 0.596. The van der Waals surface area contributed by atoms with E-state index < -0.39 is 0 Å². The smallest absolute Gasteiger partial charge is 0.141 e. The minimum Gasteiger partial charge on any atom is -0.275 e. The van der Waals surface area contributed by atoms with Crippen molar-refractivity contribution in [2.24, 2.45) is 12.9 Å². The molecule has 0 fully saturated rings. The maximum Gasteiger partial charge on any atom is 0.141 e. The molecule has 0 aromatic carbocycles. The highest BCUT2D eigenvalue weighted by molar-refractivity contribution is 5.23. The highest BCUT2D eigenvalue weighted by Gasteiger charge is 2.15. The number of hydrogen-bond acceptors (Lipinski definition) is 4. The Bertz CT molecular complexity index is 464. The third kappa shape index (κ3) is 2.07. The first kappa shape index (κ1) is 10.7. The van der Waals surface area contributed by atoms with Gasteiger partial charge in [0.25, 0.3) is 0 Å². The van der Waals surface area contributed by atoms with E-state index in [1.165, 1.54) is 6.07 Å². The van der Waals surface area contributed by atoms with Crippen LogP contribution in [-0.4, -0.2) is 14.8 Å². The Morgan fingerprint density at radius 2 is 2.25 bits per heavy atom. The lowest BCUT2D eigenvalue weighted by Gasteiger charge is -2.12. The van der Waals surface area contributed by atoms with Crippen LogP contribution in [0.2, 0.25) is 0 Å². The average molecular weight is 221 g/mol. The highest BCUT2D eigenvalue weighted by Crippen LogP contribution is 2.18. The molecular formula is C10H12FN5. The van der Waals surface area contributed by atoms with Gasteiger partial charge < -0.3 is 0 Å². The molecule has 2 aromatic heterocycles. The molecule has 1 unspecified atom stereocenters. The Labute approximate surface area is 92.1 Å². The number of nitrogens with two attached hydrogens (primary N) is 1. The fourth-order valence-corrected chi connectivity index (χ4v) is 1.50. The van der Waals surface area contributed by atoms with Gasteiger partial charge in [0, 0.05) is 18.8 Å². The van der Waals surface area contributed by atoms with E-state index in [-0.39, 0.29) is 11.9 Å². The van der Waals surface area contributed by atoms with E-state index in [2.05, 4.69) is 15.5 Å². The second-order valence-corrected chi connectivity index (χ2v) is 3.45. The highest BCUT2D eigenvalue weighted by atomic mass is 19.1. The number of rotatable bonds is 3. The third-order valence-electron chi connectivity index (χ3n) is 2.27. The van der Waals surface area contributed by atoms with Gasteiger partial charge in [-0.2, -0.15) is 5.10 Å². The number of nitrogens with one attached hydrogen (secondary N) is 1. The van der Waals surface area contributed by atoms with Crippen LogP contribution in [0.3, 0.4) is 0 Å². The second kappa shape index (κ2) is 4.38. The van der Waals surface area contributed by atoms with E-state index in [1.807, 2.05) is 13.2 Å². The summed E-state index contributed by atoms with van der Waals surface area (Å²) in [6.07, 6.45) is 4.68. The van der Waals surface area contributed by atoms with E-state index in [0.717, 1.165) is 11.8 Å². The van der Waals surface area contributed by atoms with Crippen molar-refractivity contribution in [3.05, 3.63) is 47.8 Å². The summed E-state index contributed by atoms with van der Waals surface area (Å²) in [6, 6.07) is 2.66. The summed E-state index contributed by atoms with van der Waals surface area (Å²) in [7, 11) is 1.81. The van der Waals surface area contributed by atoms with Crippen LogP contribution in [0.25, 0.3) is 0 Å². The molecule has 0 aliphatic rings. The fraction of sp³-hybridized carbons (Fsp3) is 0.200. The van der Waals surface area contributed by atoms with Crippen molar-refractivity contribution in [3.63, 3.8) is 0 Å². The molecule has 0 radical (unpaired) electrons. The molecular weight excluding hydrogens is 209 g/mol. The lowest BCUT2D eigenvalue weighted by atomic mass is 10.1. The van der Waals surface area contributed by atoms with Crippen LogP contribution < -0.4 is 11.3 Å². The minimum atomic E-state index is -0.370. The summed E-state index contributed by atoms with van der Waals surface area (Å²) in [5.74, 6) is 5.09. The van der Waals surface area contributed by atoms with Crippen molar-refractivity contribution in [1.82, 2.24) is 20.2 Å². The first-order valence-corrected chi connectivity index (χ1v) is 4.77. The molecule has 2 heterocycles. The van der Waals surface area contributed by atoms with Gasteiger partial charge in [-0.25, -0.2) is 9.82 Å². The zero-order valence-electron chi connectivity index (χ0n) is 8.76. The van der Waals surface area contributed by atoms with Gasteiger partial charge in [-0.3, -0.25) is 15.5 Å². The molecule has 5 nitrogen and oxygen atoms in total. The van der Waals surface area contributed by atoms with Crippen LogP contribution in [0, 0.1) is 5.82 Å². The quantitative estimate of drug-likeness (QED) is 0.585. The van der Waals surface area contributed by atoms with Gasteiger partial charge in [0.1, 0.15) is 5.82 Å². The summed E-state index contributed by atoms with van der Waals surface area (Å²) in [5, 5.41) is 4.05. The predicted octanol–water partition coefficient (Wildman–Crippen LogP) is 0.507. The Morgan fingerprint density at radius 1 is 1.44 bits per heavy atom. The molecule has 6 heteroatoms. The number of halogens is 1. The standard InChI is InChI=1S/C10H12FN5/c1-16-6-7(4-14-16)10(15-12)9-3-2-8(11)5-13-9/h2-6,10,15H,12H2,1H3. The number of hydrogen-bond donors (Lipinski definition) is 2. The monoisotopic (exact) mass is 221 g/mol. The van der Waals surface area contributed by atoms with Gasteiger partial charge in [-0.1, -0.05) is 0 Å². The van der Waals surface area contributed by atoms with Crippen molar-refractivity contribution >= 4 is 0 Å². The molecule has 0 saturated heterocycles. The topological polar surface area (TPSA) is 68.8 Å². The number of pyridine rings is 1. The summed E-state index contributed by atoms with van der Waals surface area (Å²) >= 11 is 0. The molecule has 2 rings (SSSR count). The zero-order chi connectivity index (χ0) is 11.5. The number of nitrogens with zero attached hydrogens (tertiary/aromatic N) is 3. The van der Waals surface area contributed by atoms with Gasteiger partial charge >= 0.3 is 0 Å². The van der Waals surface area contributed by atoms with Gasteiger partial charge in [0.15, 0.2) is 0 Å². The molecule has 1 atom stereocenters. The summed E-state index contributed by atoms with van der Waals surface area (Å²) in [4.78, 5) is 3.98.